The molecule has 7 heteroatoms. The highest BCUT2D eigenvalue weighted by Crippen LogP contribution is 2.29. The molecule has 0 atom stereocenters. The van der Waals surface area contributed by atoms with E-state index in [1.165, 1.54) is 4.31 Å². The minimum atomic E-state index is -3.59. The van der Waals surface area contributed by atoms with Gasteiger partial charge in [-0.1, -0.05) is 35.9 Å². The molecule has 4 rings (SSSR count). The summed E-state index contributed by atoms with van der Waals surface area (Å²) in [6.07, 6.45) is 0.981. The Hall–Kier alpha value is -3.16. The van der Waals surface area contributed by atoms with Crippen molar-refractivity contribution in [1.29, 1.82) is 0 Å². The third-order valence-corrected chi connectivity index (χ3v) is 8.33. The molecule has 0 saturated carbocycles. The third-order valence-electron chi connectivity index (χ3n) is 6.13. The Bertz CT molecular complexity index is 1240. The van der Waals surface area contributed by atoms with Gasteiger partial charge in [0.1, 0.15) is 11.5 Å². The number of benzene rings is 3. The van der Waals surface area contributed by atoms with E-state index < -0.39 is 10.0 Å². The number of carbonyl (C=O) groups is 1. The van der Waals surface area contributed by atoms with E-state index in [0.717, 1.165) is 22.4 Å². The molecule has 0 bridgehead atoms. The Balaban J connectivity index is 1.35. The average Bonchev–Trinajstić information content (AvgIpc) is 2.80. The minimum absolute atomic E-state index is 0.0866. The normalized spacial score (nSPS) is 15.1. The van der Waals surface area contributed by atoms with Gasteiger partial charge in [-0.05, 0) is 81.1 Å². The number of sulfonamides is 1. The Morgan fingerprint density at radius 3 is 2.03 bits per heavy atom. The molecule has 1 heterocycles. The molecule has 1 amide bonds. The van der Waals surface area contributed by atoms with Crippen LogP contribution in [-0.2, 0) is 14.8 Å². The zero-order chi connectivity index (χ0) is 24.3. The molecule has 0 aliphatic carbocycles. The summed E-state index contributed by atoms with van der Waals surface area (Å²) in [5.41, 5.74) is 3.25. The van der Waals surface area contributed by atoms with E-state index in [1.54, 1.807) is 12.1 Å². The molecule has 1 aliphatic rings. The highest BCUT2D eigenvalue weighted by atomic mass is 32.2. The number of hydrogen-bond donors (Lipinski definition) is 1. The fraction of sp³-hybridized carbons (Fsp3) is 0.296. The van der Waals surface area contributed by atoms with Crippen LogP contribution in [0.4, 0.5) is 5.69 Å². The molecule has 178 valence electrons. The summed E-state index contributed by atoms with van der Waals surface area (Å²) in [6.45, 7) is 6.30. The lowest BCUT2D eigenvalue weighted by Gasteiger charge is -2.31. The first kappa shape index (κ1) is 24.0. The highest BCUT2D eigenvalue weighted by molar-refractivity contribution is 7.89. The van der Waals surface area contributed by atoms with Crippen LogP contribution >= 0.6 is 0 Å². The Kier molecular flexibility index (Phi) is 7.05. The lowest BCUT2D eigenvalue weighted by molar-refractivity contribution is -0.120. The Morgan fingerprint density at radius 2 is 1.44 bits per heavy atom. The quantitative estimate of drug-likeness (QED) is 0.512. The molecule has 0 radical (unpaired) electrons. The van der Waals surface area contributed by atoms with Crippen LogP contribution in [0.5, 0.6) is 11.5 Å². The van der Waals surface area contributed by atoms with Gasteiger partial charge in [-0.25, -0.2) is 8.42 Å². The number of aryl methyl sites for hydroxylation is 3. The highest BCUT2D eigenvalue weighted by Gasteiger charge is 2.33. The second-order valence-corrected chi connectivity index (χ2v) is 10.7. The summed E-state index contributed by atoms with van der Waals surface area (Å²) in [5, 5.41) is 2.95. The first-order valence-electron chi connectivity index (χ1n) is 11.5. The number of nitrogens with zero attached hydrogens (tertiary/aromatic N) is 1. The van der Waals surface area contributed by atoms with Crippen LogP contribution in [0.1, 0.15) is 29.5 Å². The first-order valence-corrected chi connectivity index (χ1v) is 12.9. The summed E-state index contributed by atoms with van der Waals surface area (Å²) >= 11 is 0. The summed E-state index contributed by atoms with van der Waals surface area (Å²) < 4.78 is 33.9. The topological polar surface area (TPSA) is 75.7 Å². The van der Waals surface area contributed by atoms with Crippen molar-refractivity contribution in [2.75, 3.05) is 18.4 Å². The molecule has 3 aromatic carbocycles. The molecule has 1 saturated heterocycles. The molecule has 0 aromatic heterocycles. The molecular weight excluding hydrogens is 448 g/mol. The number of carbonyl (C=O) groups excluding carboxylic acids is 1. The van der Waals surface area contributed by atoms with Crippen molar-refractivity contribution in [3.63, 3.8) is 0 Å². The van der Waals surface area contributed by atoms with Gasteiger partial charge in [-0.15, -0.1) is 0 Å². The maximum Gasteiger partial charge on any atom is 0.243 e. The molecule has 34 heavy (non-hydrogen) atoms. The zero-order valence-corrected chi connectivity index (χ0v) is 20.6. The summed E-state index contributed by atoms with van der Waals surface area (Å²) in [5.74, 6) is 1.12. The minimum Gasteiger partial charge on any atom is -0.457 e. The molecular formula is C27H30N2O4S. The number of para-hydroxylation sites is 1. The number of piperidine rings is 1. The average molecular weight is 479 g/mol. The second-order valence-electron chi connectivity index (χ2n) is 8.83. The molecule has 1 fully saturated rings. The lowest BCUT2D eigenvalue weighted by Crippen LogP contribution is -2.41. The van der Waals surface area contributed by atoms with Crippen molar-refractivity contribution in [3.05, 3.63) is 83.4 Å². The van der Waals surface area contributed by atoms with E-state index in [4.69, 9.17) is 4.74 Å². The van der Waals surface area contributed by atoms with Crippen molar-refractivity contribution < 1.29 is 17.9 Å². The largest absolute Gasteiger partial charge is 0.457 e. The van der Waals surface area contributed by atoms with E-state index in [9.17, 15) is 13.2 Å². The van der Waals surface area contributed by atoms with Crippen molar-refractivity contribution in [2.24, 2.45) is 5.92 Å². The fourth-order valence-electron chi connectivity index (χ4n) is 4.54. The van der Waals surface area contributed by atoms with Crippen LogP contribution in [-0.4, -0.2) is 31.7 Å². The van der Waals surface area contributed by atoms with Gasteiger partial charge >= 0.3 is 0 Å². The second kappa shape index (κ2) is 9.99. The van der Waals surface area contributed by atoms with Gasteiger partial charge in [0.05, 0.1) is 4.90 Å². The summed E-state index contributed by atoms with van der Waals surface area (Å²) in [6, 6.07) is 20.5. The summed E-state index contributed by atoms with van der Waals surface area (Å²) in [4.78, 5) is 13.2. The number of nitrogens with one attached hydrogen (secondary N) is 1. The molecule has 6 nitrogen and oxygen atoms in total. The van der Waals surface area contributed by atoms with Gasteiger partial charge in [-0.3, -0.25) is 4.79 Å². The van der Waals surface area contributed by atoms with Gasteiger partial charge < -0.3 is 10.1 Å². The van der Waals surface area contributed by atoms with Crippen molar-refractivity contribution >= 4 is 21.6 Å². The monoisotopic (exact) mass is 478 g/mol. The van der Waals surface area contributed by atoms with E-state index in [0.29, 0.717) is 42.3 Å². The smallest absolute Gasteiger partial charge is 0.243 e. The number of hydrogen-bond acceptors (Lipinski definition) is 4. The van der Waals surface area contributed by atoms with Gasteiger partial charge in [-0.2, -0.15) is 4.31 Å². The van der Waals surface area contributed by atoms with Gasteiger partial charge in [0.2, 0.25) is 15.9 Å². The SMILES string of the molecule is Cc1cc(C)c(S(=O)(=O)N2CCC(C(=O)Nc3ccc(Oc4ccccc4)cc3)CC2)c(C)c1. The van der Waals surface area contributed by atoms with Crippen molar-refractivity contribution in [1.82, 2.24) is 4.31 Å². The standard InChI is InChI=1S/C27H30N2O4S/c1-19-17-20(2)26(21(3)18-19)34(31,32)29-15-13-22(14-16-29)27(30)28-23-9-11-25(12-10-23)33-24-7-5-4-6-8-24/h4-12,17-18,22H,13-16H2,1-3H3,(H,28,30). The zero-order valence-electron chi connectivity index (χ0n) is 19.7. The van der Waals surface area contributed by atoms with Crippen LogP contribution in [0.25, 0.3) is 0 Å². The van der Waals surface area contributed by atoms with Crippen LogP contribution in [0.15, 0.2) is 71.6 Å². The van der Waals surface area contributed by atoms with Gasteiger partial charge in [0, 0.05) is 24.7 Å². The van der Waals surface area contributed by atoms with Crippen LogP contribution in [0.3, 0.4) is 0 Å². The van der Waals surface area contributed by atoms with Crippen LogP contribution in [0.2, 0.25) is 0 Å². The molecule has 3 aromatic rings. The van der Waals surface area contributed by atoms with E-state index >= 15 is 0 Å². The van der Waals surface area contributed by atoms with E-state index in [1.807, 2.05) is 75.4 Å². The maximum atomic E-state index is 13.3. The lowest BCUT2D eigenvalue weighted by atomic mass is 9.97. The fourth-order valence-corrected chi connectivity index (χ4v) is 6.42. The molecule has 0 unspecified atom stereocenters. The third kappa shape index (κ3) is 5.32. The predicted molar refractivity (Wildman–Crippen MR) is 134 cm³/mol. The number of rotatable bonds is 6. The number of ether oxygens (including phenoxy) is 1. The number of amides is 1. The molecule has 1 N–H and O–H groups in total. The Morgan fingerprint density at radius 1 is 0.882 bits per heavy atom. The Labute approximate surface area is 201 Å². The van der Waals surface area contributed by atoms with Gasteiger partial charge in [0.15, 0.2) is 0 Å². The first-order chi connectivity index (χ1) is 16.2. The predicted octanol–water partition coefficient (Wildman–Crippen LogP) is 5.44. The van der Waals surface area contributed by atoms with Crippen molar-refractivity contribution in [3.8, 4) is 11.5 Å². The maximum absolute atomic E-state index is 13.3. The van der Waals surface area contributed by atoms with Crippen LogP contribution < -0.4 is 10.1 Å². The van der Waals surface area contributed by atoms with Gasteiger partial charge in [0.25, 0.3) is 0 Å². The molecule has 0 spiro atoms. The van der Waals surface area contributed by atoms with Crippen LogP contribution in [0, 0.1) is 26.7 Å². The summed E-state index contributed by atoms with van der Waals surface area (Å²) in [7, 11) is -3.59. The van der Waals surface area contributed by atoms with E-state index in [-0.39, 0.29) is 11.8 Å². The van der Waals surface area contributed by atoms with Crippen molar-refractivity contribution in [2.45, 2.75) is 38.5 Å². The number of anilines is 1. The van der Waals surface area contributed by atoms with E-state index in [2.05, 4.69) is 5.32 Å². The molecule has 1 aliphatic heterocycles.